The quantitative estimate of drug-likeness (QED) is 0.879. The molecule has 128 valence electrons. The lowest BCUT2D eigenvalue weighted by Crippen LogP contribution is -2.52. The fourth-order valence-electron chi connectivity index (χ4n) is 3.88. The molecule has 2 unspecified atom stereocenters. The first-order valence-electron chi connectivity index (χ1n) is 8.78. The Balaban J connectivity index is 1.51. The first kappa shape index (κ1) is 16.5. The minimum atomic E-state index is -0.173. The summed E-state index contributed by atoms with van der Waals surface area (Å²) in [7, 11) is 1.85. The van der Waals surface area contributed by atoms with Crippen molar-refractivity contribution in [2.24, 2.45) is 7.05 Å². The van der Waals surface area contributed by atoms with Crippen molar-refractivity contribution in [2.75, 3.05) is 13.1 Å². The summed E-state index contributed by atoms with van der Waals surface area (Å²) in [5.41, 5.74) is 1.56. The summed E-state index contributed by atoms with van der Waals surface area (Å²) in [5, 5.41) is 17.5. The Morgan fingerprint density at radius 3 is 2.57 bits per heavy atom. The van der Waals surface area contributed by atoms with Gasteiger partial charge in [0.1, 0.15) is 0 Å². The van der Waals surface area contributed by atoms with E-state index in [-0.39, 0.29) is 18.1 Å². The number of rotatable bonds is 3. The Bertz CT molecular complexity index is 549. The summed E-state index contributed by atoms with van der Waals surface area (Å²) in [6.45, 7) is 3.83. The van der Waals surface area contributed by atoms with Gasteiger partial charge in [-0.15, -0.1) is 0 Å². The van der Waals surface area contributed by atoms with E-state index in [9.17, 15) is 9.90 Å². The van der Waals surface area contributed by atoms with Gasteiger partial charge in [0.15, 0.2) is 0 Å². The molecule has 1 aliphatic carbocycles. The van der Waals surface area contributed by atoms with E-state index in [1.807, 2.05) is 14.0 Å². The molecule has 0 bridgehead atoms. The predicted molar refractivity (Wildman–Crippen MR) is 88.3 cm³/mol. The summed E-state index contributed by atoms with van der Waals surface area (Å²) in [6.07, 6.45) is 7.77. The van der Waals surface area contributed by atoms with Crippen molar-refractivity contribution in [3.8, 4) is 0 Å². The molecule has 2 heterocycles. The average molecular weight is 320 g/mol. The molecule has 2 N–H and O–H groups in total. The van der Waals surface area contributed by atoms with E-state index >= 15 is 0 Å². The zero-order valence-corrected chi connectivity index (χ0v) is 14.2. The number of amides is 1. The molecular formula is C17H28N4O2. The van der Waals surface area contributed by atoms with Crippen LogP contribution in [0.4, 0.5) is 0 Å². The number of aliphatic hydroxyl groups excluding tert-OH is 1. The smallest absolute Gasteiger partial charge is 0.254 e. The van der Waals surface area contributed by atoms with E-state index in [1.54, 1.807) is 10.9 Å². The molecule has 0 spiro atoms. The molecule has 0 aromatic carbocycles. The lowest BCUT2D eigenvalue weighted by atomic mass is 9.89. The van der Waals surface area contributed by atoms with Crippen molar-refractivity contribution in [3.05, 3.63) is 17.5 Å². The highest BCUT2D eigenvalue weighted by Gasteiger charge is 2.32. The van der Waals surface area contributed by atoms with Gasteiger partial charge < -0.3 is 10.4 Å². The molecule has 0 radical (unpaired) electrons. The Morgan fingerprint density at radius 2 is 1.96 bits per heavy atom. The van der Waals surface area contributed by atoms with Crippen molar-refractivity contribution in [2.45, 2.75) is 63.6 Å². The number of nitrogens with one attached hydrogen (secondary N) is 1. The number of carbonyl (C=O) groups excluding carboxylic acids is 1. The number of aryl methyl sites for hydroxylation is 1. The summed E-state index contributed by atoms with van der Waals surface area (Å²) in [5.74, 6) is -0.0215. The third-order valence-corrected chi connectivity index (χ3v) is 5.51. The van der Waals surface area contributed by atoms with Crippen LogP contribution in [0.2, 0.25) is 0 Å². The summed E-state index contributed by atoms with van der Waals surface area (Å²) in [6, 6.07) is 0.542. The van der Waals surface area contributed by atoms with E-state index in [4.69, 9.17) is 0 Å². The van der Waals surface area contributed by atoms with Gasteiger partial charge in [-0.3, -0.25) is 14.4 Å². The number of likely N-dealkylation sites (tertiary alicyclic amines) is 1. The number of piperidine rings is 1. The van der Waals surface area contributed by atoms with E-state index < -0.39 is 0 Å². The van der Waals surface area contributed by atoms with Gasteiger partial charge in [-0.2, -0.15) is 5.10 Å². The second-order valence-electron chi connectivity index (χ2n) is 6.97. The van der Waals surface area contributed by atoms with Crippen LogP contribution in [0.5, 0.6) is 0 Å². The van der Waals surface area contributed by atoms with Gasteiger partial charge in [-0.1, -0.05) is 12.8 Å². The molecule has 1 saturated heterocycles. The zero-order valence-electron chi connectivity index (χ0n) is 14.2. The van der Waals surface area contributed by atoms with Crippen LogP contribution < -0.4 is 5.32 Å². The number of aromatic nitrogens is 2. The van der Waals surface area contributed by atoms with Crippen LogP contribution in [0.1, 0.15) is 54.6 Å². The van der Waals surface area contributed by atoms with E-state index in [0.717, 1.165) is 50.9 Å². The molecule has 6 nitrogen and oxygen atoms in total. The number of hydrogen-bond acceptors (Lipinski definition) is 4. The number of nitrogens with zero attached hydrogens (tertiary/aromatic N) is 3. The van der Waals surface area contributed by atoms with Gasteiger partial charge >= 0.3 is 0 Å². The Labute approximate surface area is 137 Å². The van der Waals surface area contributed by atoms with Gasteiger partial charge in [0.05, 0.1) is 17.9 Å². The number of hydrogen-bond donors (Lipinski definition) is 2. The van der Waals surface area contributed by atoms with Crippen molar-refractivity contribution >= 4 is 5.91 Å². The third-order valence-electron chi connectivity index (χ3n) is 5.51. The van der Waals surface area contributed by atoms with Gasteiger partial charge in [0.2, 0.25) is 0 Å². The Morgan fingerprint density at radius 1 is 1.26 bits per heavy atom. The molecule has 2 atom stereocenters. The summed E-state index contributed by atoms with van der Waals surface area (Å²) < 4.78 is 1.72. The second-order valence-corrected chi connectivity index (χ2v) is 6.97. The van der Waals surface area contributed by atoms with E-state index in [2.05, 4.69) is 15.3 Å². The van der Waals surface area contributed by atoms with Gasteiger partial charge in [0.25, 0.3) is 5.91 Å². The topological polar surface area (TPSA) is 70.4 Å². The number of aliphatic hydroxyl groups is 1. The highest BCUT2D eigenvalue weighted by atomic mass is 16.3. The van der Waals surface area contributed by atoms with Crippen LogP contribution in [0.25, 0.3) is 0 Å². The van der Waals surface area contributed by atoms with Crippen molar-refractivity contribution < 1.29 is 9.90 Å². The van der Waals surface area contributed by atoms with Crippen LogP contribution in [0.15, 0.2) is 6.20 Å². The lowest BCUT2D eigenvalue weighted by Gasteiger charge is -2.41. The largest absolute Gasteiger partial charge is 0.391 e. The molecule has 1 aromatic heterocycles. The molecule has 1 saturated carbocycles. The first-order chi connectivity index (χ1) is 11.1. The maximum absolute atomic E-state index is 12.4. The SMILES string of the molecule is Cc1c(C(=O)NC2CCN(C3CCCCC3O)CC2)cnn1C. The van der Waals surface area contributed by atoms with Gasteiger partial charge in [-0.05, 0) is 32.6 Å². The highest BCUT2D eigenvalue weighted by Crippen LogP contribution is 2.26. The molecule has 3 rings (SSSR count). The maximum atomic E-state index is 12.4. The third kappa shape index (κ3) is 3.58. The number of carbonyl (C=O) groups is 1. The van der Waals surface area contributed by atoms with Crippen LogP contribution in [-0.4, -0.2) is 57.0 Å². The fourth-order valence-corrected chi connectivity index (χ4v) is 3.88. The standard InChI is InChI=1S/C17H28N4O2/c1-12-14(11-18-20(12)2)17(23)19-13-7-9-21(10-8-13)15-5-3-4-6-16(15)22/h11,13,15-16,22H,3-10H2,1-2H3,(H,19,23). The van der Waals surface area contributed by atoms with Crippen molar-refractivity contribution in [3.63, 3.8) is 0 Å². The summed E-state index contributed by atoms with van der Waals surface area (Å²) in [4.78, 5) is 14.8. The molecule has 23 heavy (non-hydrogen) atoms. The van der Waals surface area contributed by atoms with Gasteiger partial charge in [-0.25, -0.2) is 0 Å². The van der Waals surface area contributed by atoms with Crippen LogP contribution in [0, 0.1) is 6.92 Å². The van der Waals surface area contributed by atoms with Gasteiger partial charge in [0, 0.05) is 37.9 Å². The molecule has 6 heteroatoms. The van der Waals surface area contributed by atoms with Crippen LogP contribution in [-0.2, 0) is 7.05 Å². The molecule has 2 aliphatic rings. The van der Waals surface area contributed by atoms with E-state index in [0.29, 0.717) is 11.6 Å². The minimum Gasteiger partial charge on any atom is -0.391 e. The molecular weight excluding hydrogens is 292 g/mol. The van der Waals surface area contributed by atoms with Crippen LogP contribution in [0.3, 0.4) is 0 Å². The molecule has 2 fully saturated rings. The lowest BCUT2D eigenvalue weighted by molar-refractivity contribution is 0.00727. The maximum Gasteiger partial charge on any atom is 0.254 e. The van der Waals surface area contributed by atoms with E-state index in [1.165, 1.54) is 6.42 Å². The average Bonchev–Trinajstić information content (AvgIpc) is 2.88. The first-order valence-corrected chi connectivity index (χ1v) is 8.78. The monoisotopic (exact) mass is 320 g/mol. The molecule has 1 aliphatic heterocycles. The van der Waals surface area contributed by atoms with Crippen molar-refractivity contribution in [1.82, 2.24) is 20.0 Å². The normalized spacial score (nSPS) is 27.1. The van der Waals surface area contributed by atoms with Crippen molar-refractivity contribution in [1.29, 1.82) is 0 Å². The second kappa shape index (κ2) is 7.01. The molecule has 1 amide bonds. The molecule has 1 aromatic rings. The Hall–Kier alpha value is -1.40. The predicted octanol–water partition coefficient (Wildman–Crippen LogP) is 1.23. The fraction of sp³-hybridized carbons (Fsp3) is 0.765. The highest BCUT2D eigenvalue weighted by molar-refractivity contribution is 5.95. The Kier molecular flexibility index (Phi) is 5.02. The minimum absolute atomic E-state index is 0.0215. The zero-order chi connectivity index (χ0) is 16.4. The summed E-state index contributed by atoms with van der Waals surface area (Å²) >= 11 is 0. The van der Waals surface area contributed by atoms with Crippen LogP contribution >= 0.6 is 0 Å².